The number of thiazole rings is 1. The topological polar surface area (TPSA) is 114 Å². The van der Waals surface area contributed by atoms with Crippen molar-refractivity contribution in [3.05, 3.63) is 64.5 Å². The van der Waals surface area contributed by atoms with Gasteiger partial charge in [0.15, 0.2) is 0 Å². The number of nitrogens with zero attached hydrogens (tertiary/aromatic N) is 4. The van der Waals surface area contributed by atoms with Gasteiger partial charge in [-0.25, -0.2) is 4.98 Å². The van der Waals surface area contributed by atoms with Crippen LogP contribution in [-0.2, 0) is 22.4 Å². The van der Waals surface area contributed by atoms with Crippen molar-refractivity contribution in [3.63, 3.8) is 0 Å². The minimum Gasteiger partial charge on any atom is -0.424 e. The average Bonchev–Trinajstić information content (AvgIpc) is 3.23. The summed E-state index contributed by atoms with van der Waals surface area (Å²) in [5.41, 5.74) is 0.856. The van der Waals surface area contributed by atoms with E-state index in [1.54, 1.807) is 6.08 Å². The Labute approximate surface area is 201 Å². The summed E-state index contributed by atoms with van der Waals surface area (Å²) in [6.45, 7) is 0. The molecule has 1 N–H and O–H groups in total. The van der Waals surface area contributed by atoms with Crippen molar-refractivity contribution < 1.29 is 27.1 Å². The summed E-state index contributed by atoms with van der Waals surface area (Å²) >= 11 is 1.42. The number of carbonyl (C=O) groups excluding carboxylic acids is 1. The highest BCUT2D eigenvalue weighted by atomic mass is 32.1. The van der Waals surface area contributed by atoms with Crippen LogP contribution in [0.1, 0.15) is 47.5 Å². The van der Waals surface area contributed by atoms with Crippen LogP contribution in [0.3, 0.4) is 0 Å². The fourth-order valence-corrected chi connectivity index (χ4v) is 4.79. The Balaban J connectivity index is 1.25. The molecule has 0 radical (unpaired) electrons. The highest BCUT2D eigenvalue weighted by Gasteiger charge is 2.44. The Morgan fingerprint density at radius 2 is 2.11 bits per heavy atom. The number of fused-ring (bicyclic) bond motifs is 1. The van der Waals surface area contributed by atoms with Crippen molar-refractivity contribution >= 4 is 27.5 Å². The first-order valence-corrected chi connectivity index (χ1v) is 11.6. The number of allylic oxidation sites excluding steroid dienone is 3. The summed E-state index contributed by atoms with van der Waals surface area (Å²) in [6, 6.07) is 7.67. The van der Waals surface area contributed by atoms with Crippen molar-refractivity contribution in [2.24, 2.45) is 0 Å². The van der Waals surface area contributed by atoms with Gasteiger partial charge >= 0.3 is 6.36 Å². The lowest BCUT2D eigenvalue weighted by atomic mass is 9.92. The van der Waals surface area contributed by atoms with Crippen LogP contribution in [-0.4, -0.2) is 33.0 Å². The summed E-state index contributed by atoms with van der Waals surface area (Å²) in [5.74, 6) is -0.346. The van der Waals surface area contributed by atoms with Gasteiger partial charge in [0, 0.05) is 5.92 Å². The maximum atomic E-state index is 12.6. The van der Waals surface area contributed by atoms with E-state index in [9.17, 15) is 18.0 Å². The monoisotopic (exact) mass is 501 g/mol. The van der Waals surface area contributed by atoms with Gasteiger partial charge in [-0.05, 0) is 49.1 Å². The van der Waals surface area contributed by atoms with E-state index in [2.05, 4.69) is 31.3 Å². The molecule has 1 unspecified atom stereocenters. The lowest BCUT2D eigenvalue weighted by Gasteiger charge is -2.18. The molecular formula is C23H18F3N5O3S. The predicted molar refractivity (Wildman–Crippen MR) is 118 cm³/mol. The van der Waals surface area contributed by atoms with Gasteiger partial charge in [0.25, 0.3) is 0 Å². The molecule has 2 aliphatic rings. The van der Waals surface area contributed by atoms with E-state index in [0.29, 0.717) is 25.2 Å². The molecule has 0 saturated heterocycles. The number of amides is 1. The number of aromatic nitrogens is 3. The molecule has 1 aromatic carbocycles. The molecule has 3 aromatic rings. The highest BCUT2D eigenvalue weighted by Crippen LogP contribution is 2.35. The Morgan fingerprint density at radius 3 is 2.86 bits per heavy atom. The number of ether oxygens (including phenoxy) is 1. The fraction of sp³-hybridized carbons (Fsp3) is 0.348. The number of hydrogen-bond acceptors (Lipinski definition) is 8. The van der Waals surface area contributed by atoms with Crippen molar-refractivity contribution in [3.8, 4) is 6.07 Å². The molecule has 1 amide bonds. The molecule has 2 aliphatic carbocycles. The minimum absolute atomic E-state index is 0.108. The molecule has 0 bridgehead atoms. The third-order valence-electron chi connectivity index (χ3n) is 5.62. The van der Waals surface area contributed by atoms with Crippen molar-refractivity contribution in [2.45, 2.75) is 49.9 Å². The number of rotatable bonds is 7. The molecule has 5 rings (SSSR count). The maximum Gasteiger partial charge on any atom is 0.573 e. The third-order valence-corrected chi connectivity index (χ3v) is 6.64. The molecule has 2 heterocycles. The van der Waals surface area contributed by atoms with E-state index in [0.717, 1.165) is 20.8 Å². The maximum absolute atomic E-state index is 12.6. The van der Waals surface area contributed by atoms with Crippen LogP contribution in [0.4, 0.5) is 13.2 Å². The molecule has 1 fully saturated rings. The van der Waals surface area contributed by atoms with Crippen LogP contribution in [0, 0.1) is 11.3 Å². The lowest BCUT2D eigenvalue weighted by molar-refractivity contribution is -0.303. The van der Waals surface area contributed by atoms with Gasteiger partial charge in [0.1, 0.15) is 22.7 Å². The van der Waals surface area contributed by atoms with Gasteiger partial charge in [-0.3, -0.25) is 4.79 Å². The first kappa shape index (κ1) is 23.0. The molecule has 0 spiro atoms. The predicted octanol–water partition coefficient (Wildman–Crippen LogP) is 4.45. The molecule has 180 valence electrons. The van der Waals surface area contributed by atoms with E-state index >= 15 is 0 Å². The molecular weight excluding hydrogens is 483 g/mol. The molecule has 0 aliphatic heterocycles. The van der Waals surface area contributed by atoms with Gasteiger partial charge < -0.3 is 14.5 Å². The minimum atomic E-state index is -4.73. The molecule has 12 heteroatoms. The van der Waals surface area contributed by atoms with Crippen LogP contribution in [0.5, 0.6) is 0 Å². The summed E-state index contributed by atoms with van der Waals surface area (Å²) in [6.07, 6.45) is 1.73. The fourth-order valence-electron chi connectivity index (χ4n) is 3.78. The second-order valence-corrected chi connectivity index (χ2v) is 9.50. The number of alkyl halides is 3. The third kappa shape index (κ3) is 5.51. The van der Waals surface area contributed by atoms with Crippen LogP contribution in [0.25, 0.3) is 10.2 Å². The van der Waals surface area contributed by atoms with Crippen LogP contribution in [0.2, 0.25) is 0 Å². The molecule has 1 saturated carbocycles. The molecule has 35 heavy (non-hydrogen) atoms. The van der Waals surface area contributed by atoms with Crippen LogP contribution < -0.4 is 5.32 Å². The zero-order valence-corrected chi connectivity index (χ0v) is 18.9. The largest absolute Gasteiger partial charge is 0.573 e. The Kier molecular flexibility index (Phi) is 5.80. The quantitative estimate of drug-likeness (QED) is 0.509. The van der Waals surface area contributed by atoms with Gasteiger partial charge in [-0.15, -0.1) is 34.7 Å². The van der Waals surface area contributed by atoms with Gasteiger partial charge in [-0.2, -0.15) is 5.26 Å². The Hall–Kier alpha value is -3.72. The summed E-state index contributed by atoms with van der Waals surface area (Å²) in [7, 11) is 0. The average molecular weight is 501 g/mol. The van der Waals surface area contributed by atoms with E-state index in [1.807, 2.05) is 18.2 Å². The molecule has 8 nitrogen and oxygen atoms in total. The zero-order chi connectivity index (χ0) is 24.6. The number of halogens is 3. The number of carbonyl (C=O) groups is 1. The van der Waals surface area contributed by atoms with E-state index < -0.39 is 11.9 Å². The molecule has 1 atom stereocenters. The summed E-state index contributed by atoms with van der Waals surface area (Å²) < 4.78 is 48.2. The van der Waals surface area contributed by atoms with E-state index in [-0.39, 0.29) is 36.3 Å². The van der Waals surface area contributed by atoms with Crippen molar-refractivity contribution in [1.82, 2.24) is 20.5 Å². The Bertz CT molecular complexity index is 1380. The van der Waals surface area contributed by atoms with Crippen LogP contribution >= 0.6 is 11.3 Å². The SMILES string of the molecule is N#CC1(NC(=O)Cc2nnc(Cc3nc4ccc(C5C=C(OC(F)(F)F)C=CC5)cc4s3)o2)CC1. The van der Waals surface area contributed by atoms with Crippen LogP contribution in [0.15, 0.2) is 46.6 Å². The Morgan fingerprint density at radius 1 is 1.31 bits per heavy atom. The number of nitriles is 1. The summed E-state index contributed by atoms with van der Waals surface area (Å²) in [5, 5.41) is 20.3. The first-order chi connectivity index (χ1) is 16.7. The lowest BCUT2D eigenvalue weighted by Crippen LogP contribution is -2.36. The second-order valence-electron chi connectivity index (χ2n) is 8.38. The molecule has 2 aromatic heterocycles. The number of benzene rings is 1. The van der Waals surface area contributed by atoms with E-state index in [1.165, 1.54) is 23.5 Å². The van der Waals surface area contributed by atoms with Crippen molar-refractivity contribution in [1.29, 1.82) is 5.26 Å². The highest BCUT2D eigenvalue weighted by molar-refractivity contribution is 7.18. The normalized spacial score (nSPS) is 18.7. The second kappa shape index (κ2) is 8.81. The first-order valence-electron chi connectivity index (χ1n) is 10.8. The van der Waals surface area contributed by atoms with Gasteiger partial charge in [0.05, 0.1) is 22.7 Å². The standard InChI is InChI=1S/C23H18F3N5O3S/c24-23(25,26)34-15-3-1-2-13(8-15)14-4-5-16-17(9-14)35-21(28-16)11-20-31-30-19(33-20)10-18(32)29-22(12-27)6-7-22/h1,3-5,8-9,13H,2,6-7,10-11H2,(H,29,32). The van der Waals surface area contributed by atoms with Gasteiger partial charge in [-0.1, -0.05) is 12.1 Å². The van der Waals surface area contributed by atoms with Crippen molar-refractivity contribution in [2.75, 3.05) is 0 Å². The number of hydrogen-bond donors (Lipinski definition) is 1. The van der Waals surface area contributed by atoms with Gasteiger partial charge in [0.2, 0.25) is 17.7 Å². The summed E-state index contributed by atoms with van der Waals surface area (Å²) in [4.78, 5) is 16.7. The smallest absolute Gasteiger partial charge is 0.424 e. The zero-order valence-electron chi connectivity index (χ0n) is 18.1. The van der Waals surface area contributed by atoms with E-state index in [4.69, 9.17) is 9.68 Å². The number of nitrogens with one attached hydrogen (secondary N) is 1.